The summed E-state index contributed by atoms with van der Waals surface area (Å²) in [6.45, 7) is 0.241. The first kappa shape index (κ1) is 14.0. The molecule has 0 radical (unpaired) electrons. The van der Waals surface area contributed by atoms with Gasteiger partial charge in [-0.2, -0.15) is 0 Å². The lowest BCUT2D eigenvalue weighted by atomic mass is 9.81. The normalized spacial score (nSPS) is 26.5. The first-order valence-electron chi connectivity index (χ1n) is 6.88. The van der Waals surface area contributed by atoms with E-state index in [-0.39, 0.29) is 55.7 Å². The average Bonchev–Trinajstić information content (AvgIpc) is 2.67. The molecule has 3 amide bonds. The number of aliphatic hydroxyl groups excluding tert-OH is 1. The molecular formula is C13H20N2O4. The molecule has 1 heterocycles. The van der Waals surface area contributed by atoms with Crippen LogP contribution in [0.1, 0.15) is 32.1 Å². The number of rotatable bonds is 5. The number of carbonyl (C=O) groups excluding carboxylic acids is 3. The summed E-state index contributed by atoms with van der Waals surface area (Å²) in [5.41, 5.74) is 0. The summed E-state index contributed by atoms with van der Waals surface area (Å²) in [6, 6.07) is 0. The highest BCUT2D eigenvalue weighted by atomic mass is 16.3. The van der Waals surface area contributed by atoms with E-state index in [2.05, 4.69) is 5.32 Å². The minimum atomic E-state index is -0.246. The van der Waals surface area contributed by atoms with Gasteiger partial charge in [-0.15, -0.1) is 0 Å². The number of carbonyl (C=O) groups is 3. The lowest BCUT2D eigenvalue weighted by molar-refractivity contribution is -0.140. The lowest BCUT2D eigenvalue weighted by Crippen LogP contribution is -2.36. The van der Waals surface area contributed by atoms with Gasteiger partial charge in [-0.1, -0.05) is 12.8 Å². The van der Waals surface area contributed by atoms with E-state index in [4.69, 9.17) is 5.11 Å². The van der Waals surface area contributed by atoms with E-state index in [1.807, 2.05) is 0 Å². The molecule has 1 saturated heterocycles. The molecule has 2 atom stereocenters. The molecule has 6 heteroatoms. The molecule has 0 aromatic heterocycles. The molecule has 2 rings (SSSR count). The number of fused-ring (bicyclic) bond motifs is 1. The highest BCUT2D eigenvalue weighted by Gasteiger charge is 2.47. The molecule has 0 bridgehead atoms. The molecule has 106 valence electrons. The number of likely N-dealkylation sites (tertiary alicyclic amines) is 1. The third-order valence-electron chi connectivity index (χ3n) is 3.93. The molecule has 2 N–H and O–H groups in total. The molecular weight excluding hydrogens is 248 g/mol. The largest absolute Gasteiger partial charge is 0.395 e. The highest BCUT2D eigenvalue weighted by Crippen LogP contribution is 2.37. The Morgan fingerprint density at radius 2 is 1.79 bits per heavy atom. The SMILES string of the molecule is O=C(CCN1C(=O)C2CCCCC2C1=O)NCCO. The molecule has 2 fully saturated rings. The van der Waals surface area contributed by atoms with Gasteiger partial charge < -0.3 is 10.4 Å². The van der Waals surface area contributed by atoms with Gasteiger partial charge in [-0.05, 0) is 12.8 Å². The van der Waals surface area contributed by atoms with Crippen molar-refractivity contribution in [3.05, 3.63) is 0 Å². The van der Waals surface area contributed by atoms with Crippen LogP contribution in [0.25, 0.3) is 0 Å². The van der Waals surface area contributed by atoms with Crippen LogP contribution in [0.3, 0.4) is 0 Å². The van der Waals surface area contributed by atoms with Crippen molar-refractivity contribution >= 4 is 17.7 Å². The Labute approximate surface area is 112 Å². The third-order valence-corrected chi connectivity index (χ3v) is 3.93. The number of amides is 3. The Morgan fingerprint density at radius 1 is 1.21 bits per heavy atom. The molecule has 2 unspecified atom stereocenters. The Hall–Kier alpha value is -1.43. The van der Waals surface area contributed by atoms with E-state index in [1.54, 1.807) is 0 Å². The van der Waals surface area contributed by atoms with Gasteiger partial charge in [0.05, 0.1) is 18.4 Å². The van der Waals surface area contributed by atoms with Crippen molar-refractivity contribution in [2.24, 2.45) is 11.8 Å². The van der Waals surface area contributed by atoms with Crippen molar-refractivity contribution in [3.8, 4) is 0 Å². The fourth-order valence-corrected chi connectivity index (χ4v) is 2.95. The van der Waals surface area contributed by atoms with E-state index in [0.717, 1.165) is 25.7 Å². The van der Waals surface area contributed by atoms with Gasteiger partial charge in [0.2, 0.25) is 17.7 Å². The molecule has 0 aromatic carbocycles. The summed E-state index contributed by atoms with van der Waals surface area (Å²) in [7, 11) is 0. The monoisotopic (exact) mass is 268 g/mol. The molecule has 1 saturated carbocycles. The predicted octanol–water partition coefficient (Wildman–Crippen LogP) is -0.340. The minimum Gasteiger partial charge on any atom is -0.395 e. The zero-order chi connectivity index (χ0) is 13.8. The smallest absolute Gasteiger partial charge is 0.233 e. The number of nitrogens with zero attached hydrogens (tertiary/aromatic N) is 1. The highest BCUT2D eigenvalue weighted by molar-refractivity contribution is 6.05. The van der Waals surface area contributed by atoms with E-state index in [9.17, 15) is 14.4 Å². The van der Waals surface area contributed by atoms with Crippen molar-refractivity contribution in [2.45, 2.75) is 32.1 Å². The van der Waals surface area contributed by atoms with Gasteiger partial charge in [0.25, 0.3) is 0 Å². The summed E-state index contributed by atoms with van der Waals surface area (Å²) in [5, 5.41) is 11.1. The van der Waals surface area contributed by atoms with Gasteiger partial charge in [0, 0.05) is 19.5 Å². The maximum atomic E-state index is 12.1. The number of imide groups is 1. The van der Waals surface area contributed by atoms with Crippen LogP contribution >= 0.6 is 0 Å². The van der Waals surface area contributed by atoms with Crippen molar-refractivity contribution in [2.75, 3.05) is 19.7 Å². The predicted molar refractivity (Wildman–Crippen MR) is 66.9 cm³/mol. The molecule has 6 nitrogen and oxygen atoms in total. The quantitative estimate of drug-likeness (QED) is 0.668. The summed E-state index contributed by atoms with van der Waals surface area (Å²) < 4.78 is 0. The molecule has 0 aromatic rings. The van der Waals surface area contributed by atoms with Crippen LogP contribution in [0.15, 0.2) is 0 Å². The number of hydrogen-bond acceptors (Lipinski definition) is 4. The van der Waals surface area contributed by atoms with Crippen molar-refractivity contribution in [1.82, 2.24) is 10.2 Å². The number of aliphatic hydroxyl groups is 1. The van der Waals surface area contributed by atoms with Crippen LogP contribution in [0.4, 0.5) is 0 Å². The zero-order valence-electron chi connectivity index (χ0n) is 10.9. The second-order valence-electron chi connectivity index (χ2n) is 5.15. The van der Waals surface area contributed by atoms with Crippen molar-refractivity contribution in [3.63, 3.8) is 0 Å². The molecule has 0 spiro atoms. The van der Waals surface area contributed by atoms with Crippen molar-refractivity contribution < 1.29 is 19.5 Å². The number of nitrogens with one attached hydrogen (secondary N) is 1. The van der Waals surface area contributed by atoms with Crippen LogP contribution in [0, 0.1) is 11.8 Å². The first-order valence-corrected chi connectivity index (χ1v) is 6.88. The number of hydrogen-bond donors (Lipinski definition) is 2. The van der Waals surface area contributed by atoms with Crippen molar-refractivity contribution in [1.29, 1.82) is 0 Å². The van der Waals surface area contributed by atoms with E-state index < -0.39 is 0 Å². The first-order chi connectivity index (χ1) is 9.15. The standard InChI is InChI=1S/C13H20N2O4/c16-8-6-14-11(17)5-7-15-12(18)9-3-1-2-4-10(9)13(15)19/h9-10,16H,1-8H2,(H,14,17). The minimum absolute atomic E-state index is 0.107. The van der Waals surface area contributed by atoms with Crippen LogP contribution in [-0.2, 0) is 14.4 Å². The summed E-state index contributed by atoms with van der Waals surface area (Å²) >= 11 is 0. The summed E-state index contributed by atoms with van der Waals surface area (Å²) in [5.74, 6) is -0.762. The van der Waals surface area contributed by atoms with Crippen LogP contribution in [0.2, 0.25) is 0 Å². The maximum Gasteiger partial charge on any atom is 0.233 e. The van der Waals surface area contributed by atoms with Gasteiger partial charge in [-0.25, -0.2) is 0 Å². The topological polar surface area (TPSA) is 86.7 Å². The summed E-state index contributed by atoms with van der Waals surface area (Å²) in [6.07, 6.45) is 3.71. The van der Waals surface area contributed by atoms with Crippen LogP contribution in [-0.4, -0.2) is 47.4 Å². The Kier molecular flexibility index (Phi) is 4.52. The van der Waals surface area contributed by atoms with Crippen LogP contribution < -0.4 is 5.32 Å². The molecule has 19 heavy (non-hydrogen) atoms. The fraction of sp³-hybridized carbons (Fsp3) is 0.769. The van der Waals surface area contributed by atoms with E-state index in [1.165, 1.54) is 4.90 Å². The zero-order valence-corrected chi connectivity index (χ0v) is 10.9. The van der Waals surface area contributed by atoms with Gasteiger partial charge >= 0.3 is 0 Å². The summed E-state index contributed by atoms with van der Waals surface area (Å²) in [4.78, 5) is 36.9. The second-order valence-corrected chi connectivity index (χ2v) is 5.15. The second kappa shape index (κ2) is 6.14. The Morgan fingerprint density at radius 3 is 2.32 bits per heavy atom. The van der Waals surface area contributed by atoms with Gasteiger partial charge in [-0.3, -0.25) is 19.3 Å². The van der Waals surface area contributed by atoms with Gasteiger partial charge in [0.1, 0.15) is 0 Å². The van der Waals surface area contributed by atoms with Gasteiger partial charge in [0.15, 0.2) is 0 Å². The lowest BCUT2D eigenvalue weighted by Gasteiger charge is -2.19. The third kappa shape index (κ3) is 2.94. The van der Waals surface area contributed by atoms with E-state index in [0.29, 0.717) is 0 Å². The fourth-order valence-electron chi connectivity index (χ4n) is 2.95. The Bertz CT molecular complexity index is 359. The Balaban J connectivity index is 1.88. The molecule has 1 aliphatic heterocycles. The van der Waals surface area contributed by atoms with Crippen LogP contribution in [0.5, 0.6) is 0 Å². The molecule has 2 aliphatic rings. The average molecular weight is 268 g/mol. The maximum absolute atomic E-state index is 12.1. The van der Waals surface area contributed by atoms with E-state index >= 15 is 0 Å². The molecule has 1 aliphatic carbocycles.